The average Bonchev–Trinajstić information content (AvgIpc) is 2.32. The fourth-order valence-electron chi connectivity index (χ4n) is 1.27. The number of aromatic nitrogens is 3. The number of hydrogen-bond donors (Lipinski definition) is 1. The second-order valence-electron chi connectivity index (χ2n) is 3.42. The summed E-state index contributed by atoms with van der Waals surface area (Å²) >= 11 is 5.68. The molecule has 0 aliphatic heterocycles. The number of rotatable bonds is 4. The van der Waals surface area contributed by atoms with Gasteiger partial charge in [-0.2, -0.15) is 15.0 Å². The topological polar surface area (TPSA) is 59.9 Å². The second kappa shape index (κ2) is 5.75. The Balaban J connectivity index is 2.27. The maximum atomic E-state index is 13.4. The summed E-state index contributed by atoms with van der Waals surface area (Å²) in [6, 6.07) is 2.71. The van der Waals surface area contributed by atoms with E-state index in [0.29, 0.717) is 12.6 Å². The first kappa shape index (κ1) is 13.4. The predicted octanol–water partition coefficient (Wildman–Crippen LogP) is 3.03. The van der Waals surface area contributed by atoms with Gasteiger partial charge in [0.2, 0.25) is 11.2 Å². The molecule has 100 valence electrons. The molecule has 0 atom stereocenters. The van der Waals surface area contributed by atoms with Crippen LogP contribution < -0.4 is 10.1 Å². The van der Waals surface area contributed by atoms with Crippen molar-refractivity contribution >= 4 is 17.5 Å². The Morgan fingerprint density at radius 2 is 2.05 bits per heavy atom. The molecule has 19 heavy (non-hydrogen) atoms. The van der Waals surface area contributed by atoms with Gasteiger partial charge in [-0.05, 0) is 30.7 Å². The minimum absolute atomic E-state index is 0.0940. The van der Waals surface area contributed by atoms with Gasteiger partial charge in [-0.3, -0.25) is 0 Å². The van der Waals surface area contributed by atoms with E-state index in [1.54, 1.807) is 0 Å². The summed E-state index contributed by atoms with van der Waals surface area (Å²) in [5.41, 5.74) is 0. The quantitative estimate of drug-likeness (QED) is 0.936. The summed E-state index contributed by atoms with van der Waals surface area (Å²) in [5.74, 6) is -1.56. The largest absolute Gasteiger partial charge is 0.421 e. The Morgan fingerprint density at radius 3 is 2.74 bits per heavy atom. The molecular formula is C11H9ClF2N4O. The molecule has 0 saturated heterocycles. The number of benzene rings is 1. The zero-order valence-corrected chi connectivity index (χ0v) is 10.6. The van der Waals surface area contributed by atoms with Crippen molar-refractivity contribution in [2.45, 2.75) is 6.92 Å². The second-order valence-corrected chi connectivity index (χ2v) is 3.76. The molecule has 0 spiro atoms. The van der Waals surface area contributed by atoms with Crippen LogP contribution in [0, 0.1) is 11.6 Å². The Hall–Kier alpha value is -2.02. The van der Waals surface area contributed by atoms with Crippen LogP contribution in [0.1, 0.15) is 6.92 Å². The number of nitrogens with one attached hydrogen (secondary N) is 1. The molecular weight excluding hydrogens is 278 g/mol. The SMILES string of the molecule is CCNc1nc(Cl)nc(Oc2ccc(F)cc2F)n1. The standard InChI is InChI=1S/C11H9ClF2N4O/c1-2-15-10-16-9(12)17-11(18-10)19-8-4-3-6(13)5-7(8)14/h3-5H,2H2,1H3,(H,15,16,17,18). The van der Waals surface area contributed by atoms with Crippen LogP contribution in [-0.4, -0.2) is 21.5 Å². The maximum absolute atomic E-state index is 13.4. The molecule has 8 heteroatoms. The van der Waals surface area contributed by atoms with E-state index in [1.807, 2.05) is 6.92 Å². The van der Waals surface area contributed by atoms with E-state index in [9.17, 15) is 8.78 Å². The van der Waals surface area contributed by atoms with E-state index >= 15 is 0 Å². The monoisotopic (exact) mass is 286 g/mol. The summed E-state index contributed by atoms with van der Waals surface area (Å²) in [7, 11) is 0. The van der Waals surface area contributed by atoms with Gasteiger partial charge in [0.25, 0.3) is 0 Å². The lowest BCUT2D eigenvalue weighted by atomic mass is 10.3. The summed E-state index contributed by atoms with van der Waals surface area (Å²) in [5, 5.41) is 2.72. The molecule has 0 unspecified atom stereocenters. The van der Waals surface area contributed by atoms with Gasteiger partial charge < -0.3 is 10.1 Å². The zero-order chi connectivity index (χ0) is 13.8. The van der Waals surface area contributed by atoms with Gasteiger partial charge in [0.1, 0.15) is 5.82 Å². The fourth-order valence-corrected chi connectivity index (χ4v) is 1.42. The van der Waals surface area contributed by atoms with Crippen LogP contribution >= 0.6 is 11.6 Å². The highest BCUT2D eigenvalue weighted by Crippen LogP contribution is 2.23. The van der Waals surface area contributed by atoms with Crippen molar-refractivity contribution in [3.63, 3.8) is 0 Å². The van der Waals surface area contributed by atoms with Crippen molar-refractivity contribution in [1.82, 2.24) is 15.0 Å². The minimum atomic E-state index is -0.860. The van der Waals surface area contributed by atoms with Crippen molar-refractivity contribution < 1.29 is 13.5 Å². The normalized spacial score (nSPS) is 10.3. The average molecular weight is 287 g/mol. The van der Waals surface area contributed by atoms with Crippen molar-refractivity contribution in [3.8, 4) is 11.8 Å². The Kier molecular flexibility index (Phi) is 4.06. The van der Waals surface area contributed by atoms with E-state index in [2.05, 4.69) is 20.3 Å². The maximum Gasteiger partial charge on any atom is 0.328 e. The number of nitrogens with zero attached hydrogens (tertiary/aromatic N) is 3. The first-order valence-electron chi connectivity index (χ1n) is 5.37. The molecule has 0 aliphatic carbocycles. The third kappa shape index (κ3) is 3.47. The third-order valence-corrected chi connectivity index (χ3v) is 2.19. The molecule has 0 bridgehead atoms. The summed E-state index contributed by atoms with van der Waals surface area (Å²) in [6.45, 7) is 2.42. The van der Waals surface area contributed by atoms with Crippen LogP contribution in [0.2, 0.25) is 5.28 Å². The van der Waals surface area contributed by atoms with E-state index in [4.69, 9.17) is 16.3 Å². The third-order valence-electron chi connectivity index (χ3n) is 2.02. The van der Waals surface area contributed by atoms with E-state index in [1.165, 1.54) is 0 Å². The van der Waals surface area contributed by atoms with E-state index in [0.717, 1.165) is 12.1 Å². The fraction of sp³-hybridized carbons (Fsp3) is 0.182. The van der Waals surface area contributed by atoms with E-state index in [-0.39, 0.29) is 23.0 Å². The van der Waals surface area contributed by atoms with Gasteiger partial charge in [-0.1, -0.05) is 0 Å². The van der Waals surface area contributed by atoms with Gasteiger partial charge in [0, 0.05) is 12.6 Å². The molecule has 0 aliphatic rings. The molecule has 5 nitrogen and oxygen atoms in total. The molecule has 1 aromatic heterocycles. The number of halogens is 3. The summed E-state index contributed by atoms with van der Waals surface area (Å²) in [6.07, 6.45) is 0. The first-order chi connectivity index (χ1) is 9.08. The van der Waals surface area contributed by atoms with Gasteiger partial charge in [-0.25, -0.2) is 8.78 Å². The lowest BCUT2D eigenvalue weighted by Crippen LogP contribution is -2.05. The van der Waals surface area contributed by atoms with Crippen LogP contribution in [0.3, 0.4) is 0 Å². The number of ether oxygens (including phenoxy) is 1. The smallest absolute Gasteiger partial charge is 0.328 e. The van der Waals surface area contributed by atoms with Gasteiger partial charge in [-0.15, -0.1) is 0 Å². The lowest BCUT2D eigenvalue weighted by Gasteiger charge is -2.07. The number of hydrogen-bond acceptors (Lipinski definition) is 5. The van der Waals surface area contributed by atoms with Crippen molar-refractivity contribution in [3.05, 3.63) is 35.1 Å². The minimum Gasteiger partial charge on any atom is -0.421 e. The van der Waals surface area contributed by atoms with Crippen LogP contribution in [-0.2, 0) is 0 Å². The molecule has 2 aromatic rings. The molecule has 0 radical (unpaired) electrons. The van der Waals surface area contributed by atoms with Crippen molar-refractivity contribution in [1.29, 1.82) is 0 Å². The Labute approximate surface area is 112 Å². The molecule has 0 fully saturated rings. The number of anilines is 1. The first-order valence-corrected chi connectivity index (χ1v) is 5.74. The highest BCUT2D eigenvalue weighted by Gasteiger charge is 2.10. The molecule has 1 aromatic carbocycles. The Bertz CT molecular complexity index is 597. The predicted molar refractivity (Wildman–Crippen MR) is 65.4 cm³/mol. The zero-order valence-electron chi connectivity index (χ0n) is 9.82. The lowest BCUT2D eigenvalue weighted by molar-refractivity contribution is 0.407. The Morgan fingerprint density at radius 1 is 1.26 bits per heavy atom. The van der Waals surface area contributed by atoms with Gasteiger partial charge in [0.15, 0.2) is 11.6 Å². The van der Waals surface area contributed by atoms with Crippen LogP contribution in [0.25, 0.3) is 0 Å². The molecule has 1 N–H and O–H groups in total. The molecule has 0 saturated carbocycles. The molecule has 2 rings (SSSR count). The van der Waals surface area contributed by atoms with Crippen LogP contribution in [0.4, 0.5) is 14.7 Å². The van der Waals surface area contributed by atoms with Crippen molar-refractivity contribution in [2.75, 3.05) is 11.9 Å². The van der Waals surface area contributed by atoms with E-state index < -0.39 is 11.6 Å². The highest BCUT2D eigenvalue weighted by atomic mass is 35.5. The van der Waals surface area contributed by atoms with Crippen LogP contribution in [0.5, 0.6) is 11.8 Å². The van der Waals surface area contributed by atoms with Crippen molar-refractivity contribution in [2.24, 2.45) is 0 Å². The van der Waals surface area contributed by atoms with Gasteiger partial charge in [0.05, 0.1) is 0 Å². The summed E-state index contributed by atoms with van der Waals surface area (Å²) < 4.78 is 31.3. The highest BCUT2D eigenvalue weighted by molar-refractivity contribution is 6.28. The van der Waals surface area contributed by atoms with Gasteiger partial charge >= 0.3 is 6.01 Å². The summed E-state index contributed by atoms with van der Waals surface area (Å²) in [4.78, 5) is 11.4. The molecule has 0 amide bonds. The van der Waals surface area contributed by atoms with Crippen LogP contribution in [0.15, 0.2) is 18.2 Å². The molecule has 1 heterocycles.